The number of hydrogen-bond donors (Lipinski definition) is 3. The minimum absolute atomic E-state index is 0.112. The molecule has 0 radical (unpaired) electrons. The van der Waals surface area contributed by atoms with Crippen molar-refractivity contribution in [2.75, 3.05) is 0 Å². The minimum atomic E-state index is -1.15. The monoisotopic (exact) mass is 296 g/mol. The lowest BCUT2D eigenvalue weighted by Crippen LogP contribution is -2.43. The molecule has 0 saturated heterocycles. The molecule has 1 heterocycles. The molecule has 0 spiro atoms. The van der Waals surface area contributed by atoms with E-state index in [1.807, 2.05) is 24.3 Å². The van der Waals surface area contributed by atoms with Crippen LogP contribution in [-0.2, 0) is 4.79 Å². The van der Waals surface area contributed by atoms with Crippen molar-refractivity contribution in [2.24, 2.45) is 0 Å². The molecule has 1 aliphatic rings. The SMILES string of the molecule is O=C1NC(C(=O)O)=CC(c2cccc(Br)c2)N1. The van der Waals surface area contributed by atoms with Crippen LogP contribution >= 0.6 is 15.9 Å². The fourth-order valence-corrected chi connectivity index (χ4v) is 1.97. The summed E-state index contributed by atoms with van der Waals surface area (Å²) in [6.07, 6.45) is 1.46. The highest BCUT2D eigenvalue weighted by Gasteiger charge is 2.23. The molecule has 0 aliphatic carbocycles. The number of urea groups is 1. The number of halogens is 1. The Kier molecular flexibility index (Phi) is 3.14. The third kappa shape index (κ3) is 2.65. The average Bonchev–Trinajstić information content (AvgIpc) is 2.28. The van der Waals surface area contributed by atoms with Gasteiger partial charge >= 0.3 is 12.0 Å². The quantitative estimate of drug-likeness (QED) is 0.778. The van der Waals surface area contributed by atoms with Crippen LogP contribution in [0.3, 0.4) is 0 Å². The molecule has 1 aromatic rings. The van der Waals surface area contributed by atoms with Gasteiger partial charge < -0.3 is 15.7 Å². The third-order valence-electron chi connectivity index (χ3n) is 2.31. The molecule has 88 valence electrons. The van der Waals surface area contributed by atoms with Gasteiger partial charge in [-0.2, -0.15) is 0 Å². The molecular weight excluding hydrogens is 288 g/mol. The normalized spacial score (nSPS) is 19.0. The van der Waals surface area contributed by atoms with E-state index in [-0.39, 0.29) is 5.70 Å². The lowest BCUT2D eigenvalue weighted by Gasteiger charge is -2.22. The molecule has 0 saturated carbocycles. The molecule has 0 aromatic heterocycles. The van der Waals surface area contributed by atoms with Crippen molar-refractivity contribution in [3.63, 3.8) is 0 Å². The van der Waals surface area contributed by atoms with E-state index in [2.05, 4.69) is 26.6 Å². The van der Waals surface area contributed by atoms with E-state index >= 15 is 0 Å². The number of rotatable bonds is 2. The summed E-state index contributed by atoms with van der Waals surface area (Å²) in [5.74, 6) is -1.15. The topological polar surface area (TPSA) is 78.4 Å². The average molecular weight is 297 g/mol. The van der Waals surface area contributed by atoms with Crippen molar-refractivity contribution in [1.29, 1.82) is 0 Å². The Morgan fingerprint density at radius 1 is 1.41 bits per heavy atom. The number of aliphatic carboxylic acids is 1. The Balaban J connectivity index is 2.35. The van der Waals surface area contributed by atoms with E-state index in [1.54, 1.807) is 0 Å². The predicted octanol–water partition coefficient (Wildman–Crippen LogP) is 1.77. The maximum absolute atomic E-state index is 11.3. The highest BCUT2D eigenvalue weighted by molar-refractivity contribution is 9.10. The lowest BCUT2D eigenvalue weighted by molar-refractivity contribution is -0.133. The first kappa shape index (κ1) is 11.7. The number of carbonyl (C=O) groups is 2. The highest BCUT2D eigenvalue weighted by atomic mass is 79.9. The van der Waals surface area contributed by atoms with Gasteiger partial charge in [-0.25, -0.2) is 9.59 Å². The molecule has 0 fully saturated rings. The summed E-state index contributed by atoms with van der Waals surface area (Å²) in [6.45, 7) is 0. The lowest BCUT2D eigenvalue weighted by atomic mass is 10.0. The molecular formula is C11H9BrN2O3. The van der Waals surface area contributed by atoms with Crippen molar-refractivity contribution < 1.29 is 14.7 Å². The molecule has 5 nitrogen and oxygen atoms in total. The Morgan fingerprint density at radius 2 is 2.18 bits per heavy atom. The summed E-state index contributed by atoms with van der Waals surface area (Å²) in [5, 5.41) is 13.7. The Labute approximate surface area is 106 Å². The van der Waals surface area contributed by atoms with E-state index in [0.29, 0.717) is 0 Å². The molecule has 2 amide bonds. The molecule has 1 aliphatic heterocycles. The molecule has 17 heavy (non-hydrogen) atoms. The van der Waals surface area contributed by atoms with Crippen LogP contribution in [0.4, 0.5) is 4.79 Å². The van der Waals surface area contributed by atoms with Crippen molar-refractivity contribution >= 4 is 27.9 Å². The van der Waals surface area contributed by atoms with E-state index in [4.69, 9.17) is 5.11 Å². The summed E-state index contributed by atoms with van der Waals surface area (Å²) < 4.78 is 0.869. The number of carboxylic acids is 1. The molecule has 1 aromatic carbocycles. The van der Waals surface area contributed by atoms with Gasteiger partial charge in [-0.3, -0.25) is 0 Å². The standard InChI is InChI=1S/C11H9BrN2O3/c12-7-3-1-2-6(4-7)8-5-9(10(15)16)14-11(17)13-8/h1-5,8H,(H,15,16)(H2,13,14,17). The van der Waals surface area contributed by atoms with Crippen LogP contribution in [0.15, 0.2) is 40.5 Å². The smallest absolute Gasteiger partial charge is 0.352 e. The summed E-state index contributed by atoms with van der Waals surface area (Å²) in [5.41, 5.74) is 0.701. The number of benzene rings is 1. The Morgan fingerprint density at radius 3 is 2.82 bits per heavy atom. The van der Waals surface area contributed by atoms with Gasteiger partial charge in [0.1, 0.15) is 5.70 Å². The summed E-state index contributed by atoms with van der Waals surface area (Å²) in [4.78, 5) is 22.1. The minimum Gasteiger partial charge on any atom is -0.477 e. The first-order valence-corrected chi connectivity index (χ1v) is 5.63. The molecule has 2 rings (SSSR count). The largest absolute Gasteiger partial charge is 0.477 e. The van der Waals surface area contributed by atoms with Crippen LogP contribution in [-0.4, -0.2) is 17.1 Å². The van der Waals surface area contributed by atoms with Crippen LogP contribution in [0.2, 0.25) is 0 Å². The molecule has 6 heteroatoms. The zero-order valence-electron chi connectivity index (χ0n) is 8.61. The van der Waals surface area contributed by atoms with Gasteiger partial charge in [0.15, 0.2) is 0 Å². The number of hydrogen-bond acceptors (Lipinski definition) is 2. The first-order valence-electron chi connectivity index (χ1n) is 4.84. The molecule has 1 atom stereocenters. The number of amides is 2. The van der Waals surface area contributed by atoms with Crippen molar-refractivity contribution in [3.05, 3.63) is 46.1 Å². The van der Waals surface area contributed by atoms with Gasteiger partial charge in [0.05, 0.1) is 6.04 Å². The van der Waals surface area contributed by atoms with Crippen LogP contribution in [0, 0.1) is 0 Å². The number of carboxylic acid groups (broad SMARTS) is 1. The highest BCUT2D eigenvalue weighted by Crippen LogP contribution is 2.21. The first-order chi connectivity index (χ1) is 8.06. The van der Waals surface area contributed by atoms with Gasteiger partial charge in [0.25, 0.3) is 0 Å². The Hall–Kier alpha value is -1.82. The summed E-state index contributed by atoms with van der Waals surface area (Å²) >= 11 is 3.32. The van der Waals surface area contributed by atoms with Crippen LogP contribution in [0.1, 0.15) is 11.6 Å². The van der Waals surface area contributed by atoms with E-state index < -0.39 is 18.0 Å². The van der Waals surface area contributed by atoms with Gasteiger partial charge in [-0.15, -0.1) is 0 Å². The maximum atomic E-state index is 11.3. The molecule has 0 bridgehead atoms. The van der Waals surface area contributed by atoms with Crippen molar-refractivity contribution in [1.82, 2.24) is 10.6 Å². The number of carbonyl (C=O) groups excluding carboxylic acids is 1. The molecule has 3 N–H and O–H groups in total. The van der Waals surface area contributed by atoms with E-state index in [1.165, 1.54) is 6.08 Å². The van der Waals surface area contributed by atoms with Crippen LogP contribution in [0.25, 0.3) is 0 Å². The summed E-state index contributed by atoms with van der Waals surface area (Å²) in [7, 11) is 0. The predicted molar refractivity (Wildman–Crippen MR) is 64.3 cm³/mol. The van der Waals surface area contributed by atoms with Gasteiger partial charge in [-0.1, -0.05) is 28.1 Å². The zero-order chi connectivity index (χ0) is 12.4. The molecule has 1 unspecified atom stereocenters. The fraction of sp³-hybridized carbons (Fsp3) is 0.0909. The van der Waals surface area contributed by atoms with Crippen molar-refractivity contribution in [2.45, 2.75) is 6.04 Å². The maximum Gasteiger partial charge on any atom is 0.352 e. The van der Waals surface area contributed by atoms with E-state index in [9.17, 15) is 9.59 Å². The van der Waals surface area contributed by atoms with E-state index in [0.717, 1.165) is 10.0 Å². The van der Waals surface area contributed by atoms with Crippen LogP contribution in [0.5, 0.6) is 0 Å². The van der Waals surface area contributed by atoms with Crippen LogP contribution < -0.4 is 10.6 Å². The van der Waals surface area contributed by atoms with Gasteiger partial charge in [0, 0.05) is 4.47 Å². The van der Waals surface area contributed by atoms with Gasteiger partial charge in [-0.05, 0) is 23.8 Å². The fourth-order valence-electron chi connectivity index (χ4n) is 1.55. The second-order valence-corrected chi connectivity index (χ2v) is 4.43. The second-order valence-electron chi connectivity index (χ2n) is 3.52. The Bertz CT molecular complexity index is 513. The summed E-state index contributed by atoms with van der Waals surface area (Å²) in [6, 6.07) is 6.36. The zero-order valence-corrected chi connectivity index (χ0v) is 10.2. The second kappa shape index (κ2) is 4.58. The van der Waals surface area contributed by atoms with Gasteiger partial charge in [0.2, 0.25) is 0 Å². The third-order valence-corrected chi connectivity index (χ3v) is 2.80. The van der Waals surface area contributed by atoms with Crippen molar-refractivity contribution in [3.8, 4) is 0 Å². The number of nitrogens with one attached hydrogen (secondary N) is 2.